The van der Waals surface area contributed by atoms with Gasteiger partial charge in [0.1, 0.15) is 5.75 Å². The van der Waals surface area contributed by atoms with Gasteiger partial charge in [0.15, 0.2) is 0 Å². The maximum Gasteiger partial charge on any atom is 0.255 e. The lowest BCUT2D eigenvalue weighted by molar-refractivity contribution is 0.0934. The fourth-order valence-electron chi connectivity index (χ4n) is 2.78. The molecule has 102 valence electrons. The van der Waals surface area contributed by atoms with E-state index < -0.39 is 0 Å². The summed E-state index contributed by atoms with van der Waals surface area (Å²) in [6, 6.07) is 6.25. The van der Waals surface area contributed by atoms with Gasteiger partial charge in [0, 0.05) is 25.2 Å². The molecule has 1 aliphatic carbocycles. The summed E-state index contributed by atoms with van der Waals surface area (Å²) < 4.78 is 0. The first-order chi connectivity index (χ1) is 9.15. The predicted molar refractivity (Wildman–Crippen MR) is 73.3 cm³/mol. The number of hydrogen-bond donors (Lipinski definition) is 2. The van der Waals surface area contributed by atoms with E-state index in [1.54, 1.807) is 25.1 Å². The number of carbonyl (C=O) groups is 1. The summed E-state index contributed by atoms with van der Waals surface area (Å²) >= 11 is 0. The molecule has 2 fully saturated rings. The lowest BCUT2D eigenvalue weighted by atomic mass is 10.1. The Morgan fingerprint density at radius 1 is 1.37 bits per heavy atom. The molecule has 3 rings (SSSR count). The number of para-hydroxylation sites is 1. The number of rotatable bonds is 3. The molecule has 1 aromatic carbocycles. The van der Waals surface area contributed by atoms with Gasteiger partial charge in [0.2, 0.25) is 0 Å². The summed E-state index contributed by atoms with van der Waals surface area (Å²) in [5, 5.41) is 13.0. The maximum atomic E-state index is 12.2. The first-order valence-electron chi connectivity index (χ1n) is 6.98. The van der Waals surface area contributed by atoms with Crippen LogP contribution in [0.25, 0.3) is 0 Å². The van der Waals surface area contributed by atoms with Crippen LogP contribution in [0, 0.1) is 6.92 Å². The number of carbonyl (C=O) groups excluding carboxylic acids is 1. The van der Waals surface area contributed by atoms with E-state index in [9.17, 15) is 9.90 Å². The van der Waals surface area contributed by atoms with Crippen molar-refractivity contribution in [3.63, 3.8) is 0 Å². The highest BCUT2D eigenvalue weighted by atomic mass is 16.3. The van der Waals surface area contributed by atoms with Gasteiger partial charge in [-0.3, -0.25) is 9.69 Å². The summed E-state index contributed by atoms with van der Waals surface area (Å²) in [6.07, 6.45) is 3.62. The standard InChI is InChI=1S/C15H20N2O2/c1-10-3-2-4-13(14(10)18)15(19)16-11-7-8-17(9-11)12-5-6-12/h2-4,11-12,18H,5-9H2,1H3,(H,16,19). The average molecular weight is 260 g/mol. The number of benzene rings is 1. The average Bonchev–Trinajstić information content (AvgIpc) is 3.14. The monoisotopic (exact) mass is 260 g/mol. The van der Waals surface area contributed by atoms with Gasteiger partial charge < -0.3 is 10.4 Å². The van der Waals surface area contributed by atoms with Crippen LogP contribution in [0.5, 0.6) is 5.75 Å². The third-order valence-corrected chi connectivity index (χ3v) is 4.10. The van der Waals surface area contributed by atoms with E-state index in [2.05, 4.69) is 10.2 Å². The van der Waals surface area contributed by atoms with E-state index in [0.29, 0.717) is 5.56 Å². The van der Waals surface area contributed by atoms with Crippen LogP contribution in [0.3, 0.4) is 0 Å². The Balaban J connectivity index is 1.63. The third-order valence-electron chi connectivity index (χ3n) is 4.10. The van der Waals surface area contributed by atoms with E-state index in [0.717, 1.165) is 31.1 Å². The van der Waals surface area contributed by atoms with E-state index >= 15 is 0 Å². The van der Waals surface area contributed by atoms with Crippen LogP contribution in [0.2, 0.25) is 0 Å². The smallest absolute Gasteiger partial charge is 0.255 e. The first kappa shape index (κ1) is 12.5. The number of aryl methyl sites for hydroxylation is 1. The second-order valence-corrected chi connectivity index (χ2v) is 5.66. The van der Waals surface area contributed by atoms with Crippen molar-refractivity contribution in [2.75, 3.05) is 13.1 Å². The molecule has 1 saturated heterocycles. The lowest BCUT2D eigenvalue weighted by Gasteiger charge is -2.16. The van der Waals surface area contributed by atoms with Gasteiger partial charge in [-0.25, -0.2) is 0 Å². The fraction of sp³-hybridized carbons (Fsp3) is 0.533. The number of nitrogens with zero attached hydrogens (tertiary/aromatic N) is 1. The molecular weight excluding hydrogens is 240 g/mol. The Morgan fingerprint density at radius 3 is 2.89 bits per heavy atom. The van der Waals surface area contributed by atoms with Crippen molar-refractivity contribution in [2.24, 2.45) is 0 Å². The Bertz CT molecular complexity index is 497. The quantitative estimate of drug-likeness (QED) is 0.869. The minimum Gasteiger partial charge on any atom is -0.507 e. The molecule has 0 bridgehead atoms. The zero-order valence-electron chi connectivity index (χ0n) is 11.2. The van der Waals surface area contributed by atoms with E-state index in [-0.39, 0.29) is 17.7 Å². The van der Waals surface area contributed by atoms with Gasteiger partial charge >= 0.3 is 0 Å². The van der Waals surface area contributed by atoms with Crippen molar-refractivity contribution in [3.8, 4) is 5.75 Å². The van der Waals surface area contributed by atoms with E-state index in [1.165, 1.54) is 12.8 Å². The van der Waals surface area contributed by atoms with Crippen molar-refractivity contribution in [3.05, 3.63) is 29.3 Å². The minimum atomic E-state index is -0.163. The number of aromatic hydroxyl groups is 1. The molecule has 1 heterocycles. The molecule has 2 aliphatic rings. The number of amides is 1. The SMILES string of the molecule is Cc1cccc(C(=O)NC2CCN(C3CC3)C2)c1O. The Morgan fingerprint density at radius 2 is 2.16 bits per heavy atom. The summed E-state index contributed by atoms with van der Waals surface area (Å²) in [5.74, 6) is -0.0686. The zero-order chi connectivity index (χ0) is 13.4. The van der Waals surface area contributed by atoms with Gasteiger partial charge in [0.05, 0.1) is 5.56 Å². The van der Waals surface area contributed by atoms with Crippen LogP contribution < -0.4 is 5.32 Å². The molecule has 1 saturated carbocycles. The van der Waals surface area contributed by atoms with E-state index in [1.807, 2.05) is 0 Å². The first-order valence-corrected chi connectivity index (χ1v) is 6.98. The molecule has 1 unspecified atom stereocenters. The molecule has 4 heteroatoms. The predicted octanol–water partition coefficient (Wildman–Crippen LogP) is 1.67. The highest BCUT2D eigenvalue weighted by Gasteiger charge is 2.34. The van der Waals surface area contributed by atoms with Crippen LogP contribution in [-0.4, -0.2) is 41.1 Å². The summed E-state index contributed by atoms with van der Waals surface area (Å²) in [6.45, 7) is 3.83. The normalized spacial score (nSPS) is 23.5. The topological polar surface area (TPSA) is 52.6 Å². The summed E-state index contributed by atoms with van der Waals surface area (Å²) in [5.41, 5.74) is 1.11. The summed E-state index contributed by atoms with van der Waals surface area (Å²) in [7, 11) is 0. The van der Waals surface area contributed by atoms with Crippen LogP contribution in [0.15, 0.2) is 18.2 Å². The molecule has 2 N–H and O–H groups in total. The molecular formula is C15H20N2O2. The van der Waals surface area contributed by atoms with Crippen molar-refractivity contribution >= 4 is 5.91 Å². The number of likely N-dealkylation sites (tertiary alicyclic amines) is 1. The van der Waals surface area contributed by atoms with Gasteiger partial charge in [-0.1, -0.05) is 12.1 Å². The zero-order valence-corrected chi connectivity index (χ0v) is 11.2. The van der Waals surface area contributed by atoms with Gasteiger partial charge in [-0.15, -0.1) is 0 Å². The number of hydrogen-bond acceptors (Lipinski definition) is 3. The lowest BCUT2D eigenvalue weighted by Crippen LogP contribution is -2.37. The van der Waals surface area contributed by atoms with Gasteiger partial charge in [-0.05, 0) is 37.8 Å². The van der Waals surface area contributed by atoms with Gasteiger partial charge in [-0.2, -0.15) is 0 Å². The molecule has 1 atom stereocenters. The Labute approximate surface area is 113 Å². The third kappa shape index (κ3) is 2.59. The molecule has 19 heavy (non-hydrogen) atoms. The largest absolute Gasteiger partial charge is 0.507 e. The maximum absolute atomic E-state index is 12.2. The Kier molecular flexibility index (Phi) is 3.19. The number of nitrogens with one attached hydrogen (secondary N) is 1. The molecule has 1 amide bonds. The van der Waals surface area contributed by atoms with Crippen LogP contribution in [0.1, 0.15) is 35.2 Å². The highest BCUT2D eigenvalue weighted by Crippen LogP contribution is 2.30. The van der Waals surface area contributed by atoms with E-state index in [4.69, 9.17) is 0 Å². The van der Waals surface area contributed by atoms with Crippen LogP contribution in [0.4, 0.5) is 0 Å². The minimum absolute atomic E-state index is 0.0945. The van der Waals surface area contributed by atoms with Crippen molar-refractivity contribution < 1.29 is 9.90 Å². The number of phenols is 1. The molecule has 0 radical (unpaired) electrons. The molecule has 4 nitrogen and oxygen atoms in total. The van der Waals surface area contributed by atoms with Crippen molar-refractivity contribution in [1.29, 1.82) is 0 Å². The molecule has 0 aromatic heterocycles. The number of phenolic OH excluding ortho intramolecular Hbond substituents is 1. The fourth-order valence-corrected chi connectivity index (χ4v) is 2.78. The molecule has 0 spiro atoms. The second kappa shape index (κ2) is 4.85. The second-order valence-electron chi connectivity index (χ2n) is 5.66. The van der Waals surface area contributed by atoms with Crippen molar-refractivity contribution in [2.45, 2.75) is 38.3 Å². The molecule has 1 aliphatic heterocycles. The molecule has 1 aromatic rings. The van der Waals surface area contributed by atoms with Crippen molar-refractivity contribution in [1.82, 2.24) is 10.2 Å². The summed E-state index contributed by atoms with van der Waals surface area (Å²) in [4.78, 5) is 14.6. The van der Waals surface area contributed by atoms with Crippen LogP contribution >= 0.6 is 0 Å². The Hall–Kier alpha value is -1.55. The van der Waals surface area contributed by atoms with Crippen LogP contribution in [-0.2, 0) is 0 Å². The highest BCUT2D eigenvalue weighted by molar-refractivity contribution is 5.97. The van der Waals surface area contributed by atoms with Gasteiger partial charge in [0.25, 0.3) is 5.91 Å².